The van der Waals surface area contributed by atoms with E-state index in [0.29, 0.717) is 16.6 Å². The van der Waals surface area contributed by atoms with Gasteiger partial charge in [-0.3, -0.25) is 10.1 Å². The zero-order valence-electron chi connectivity index (χ0n) is 14.1. The first kappa shape index (κ1) is 17.0. The summed E-state index contributed by atoms with van der Waals surface area (Å²) in [5.41, 5.74) is 0.808. The molecule has 1 heterocycles. The fraction of sp³-hybridized carbons (Fsp3) is 0.222. The Kier molecular flexibility index (Phi) is 5.04. The van der Waals surface area contributed by atoms with Gasteiger partial charge in [-0.1, -0.05) is 17.4 Å². The van der Waals surface area contributed by atoms with Crippen LogP contribution in [0.4, 0.5) is 5.13 Å². The standard InChI is InChI=1S/C18H18N2O4S/c1-11(24-14-6-4-5-12(9-14)22-2)17(21)20-18-19-15-8-7-13(23-3)10-16(15)25-18/h4-11H,1-3H3,(H,19,20,21). The van der Waals surface area contributed by atoms with Gasteiger partial charge < -0.3 is 14.2 Å². The molecule has 6 nitrogen and oxygen atoms in total. The lowest BCUT2D eigenvalue weighted by Gasteiger charge is -2.14. The van der Waals surface area contributed by atoms with Gasteiger partial charge in [0.05, 0.1) is 24.4 Å². The first-order chi connectivity index (χ1) is 12.1. The van der Waals surface area contributed by atoms with Crippen LogP contribution in [0.25, 0.3) is 10.2 Å². The summed E-state index contributed by atoms with van der Waals surface area (Å²) in [6.07, 6.45) is -0.673. The monoisotopic (exact) mass is 358 g/mol. The summed E-state index contributed by atoms with van der Waals surface area (Å²) >= 11 is 1.39. The predicted octanol–water partition coefficient (Wildman–Crippen LogP) is 3.72. The number of rotatable bonds is 6. The summed E-state index contributed by atoms with van der Waals surface area (Å²) in [6, 6.07) is 12.7. The van der Waals surface area contributed by atoms with E-state index in [0.717, 1.165) is 16.0 Å². The quantitative estimate of drug-likeness (QED) is 0.727. The largest absolute Gasteiger partial charge is 0.497 e. The SMILES string of the molecule is COc1cccc(OC(C)C(=O)Nc2nc3ccc(OC)cc3s2)c1. The average molecular weight is 358 g/mol. The van der Waals surface area contributed by atoms with Gasteiger partial charge in [0.2, 0.25) is 0 Å². The predicted molar refractivity (Wildman–Crippen MR) is 97.9 cm³/mol. The van der Waals surface area contributed by atoms with Crippen LogP contribution in [0.1, 0.15) is 6.92 Å². The number of hydrogen-bond donors (Lipinski definition) is 1. The van der Waals surface area contributed by atoms with Crippen molar-refractivity contribution in [1.29, 1.82) is 0 Å². The van der Waals surface area contributed by atoms with Crippen LogP contribution < -0.4 is 19.5 Å². The van der Waals surface area contributed by atoms with E-state index in [9.17, 15) is 4.79 Å². The van der Waals surface area contributed by atoms with E-state index < -0.39 is 6.10 Å². The Morgan fingerprint density at radius 3 is 2.56 bits per heavy atom. The maximum Gasteiger partial charge on any atom is 0.266 e. The van der Waals surface area contributed by atoms with E-state index in [2.05, 4.69) is 10.3 Å². The summed E-state index contributed by atoms with van der Waals surface area (Å²) in [4.78, 5) is 16.7. The van der Waals surface area contributed by atoms with Crippen molar-refractivity contribution < 1.29 is 19.0 Å². The molecular formula is C18H18N2O4S. The third-order valence-corrected chi connectivity index (χ3v) is 4.48. The number of nitrogens with zero attached hydrogens (tertiary/aromatic N) is 1. The first-order valence-corrected chi connectivity index (χ1v) is 8.47. The maximum atomic E-state index is 12.3. The Bertz CT molecular complexity index is 894. The van der Waals surface area contributed by atoms with Gasteiger partial charge in [0.25, 0.3) is 5.91 Å². The average Bonchev–Trinajstić information content (AvgIpc) is 3.02. The van der Waals surface area contributed by atoms with Crippen molar-refractivity contribution >= 4 is 32.6 Å². The van der Waals surface area contributed by atoms with Crippen molar-refractivity contribution in [3.63, 3.8) is 0 Å². The molecule has 0 saturated heterocycles. The molecular weight excluding hydrogens is 340 g/mol. The lowest BCUT2D eigenvalue weighted by Crippen LogP contribution is -2.30. The second-order valence-electron chi connectivity index (χ2n) is 5.28. The number of thiazole rings is 1. The van der Waals surface area contributed by atoms with Crippen LogP contribution in [0.2, 0.25) is 0 Å². The Labute approximate surface area is 149 Å². The molecule has 0 fully saturated rings. The first-order valence-electron chi connectivity index (χ1n) is 7.65. The molecule has 0 aliphatic carbocycles. The summed E-state index contributed by atoms with van der Waals surface area (Å²) in [5.74, 6) is 1.72. The molecule has 25 heavy (non-hydrogen) atoms. The van der Waals surface area contributed by atoms with E-state index in [-0.39, 0.29) is 5.91 Å². The third kappa shape index (κ3) is 4.00. The molecule has 0 aliphatic rings. The summed E-state index contributed by atoms with van der Waals surface area (Å²) in [7, 11) is 3.19. The van der Waals surface area contributed by atoms with E-state index in [1.54, 1.807) is 39.3 Å². The molecule has 1 aromatic heterocycles. The molecule has 7 heteroatoms. The number of fused-ring (bicyclic) bond motifs is 1. The number of methoxy groups -OCH3 is 2. The number of ether oxygens (including phenoxy) is 3. The van der Waals surface area contributed by atoms with Gasteiger partial charge >= 0.3 is 0 Å². The van der Waals surface area contributed by atoms with Gasteiger partial charge in [-0.05, 0) is 37.3 Å². The number of hydrogen-bond acceptors (Lipinski definition) is 6. The van der Waals surface area contributed by atoms with Crippen LogP contribution in [0, 0.1) is 0 Å². The van der Waals surface area contributed by atoms with Crippen molar-refractivity contribution in [2.75, 3.05) is 19.5 Å². The van der Waals surface area contributed by atoms with Gasteiger partial charge in [0, 0.05) is 6.07 Å². The number of nitrogens with one attached hydrogen (secondary N) is 1. The molecule has 1 atom stereocenters. The van der Waals surface area contributed by atoms with Crippen LogP contribution >= 0.6 is 11.3 Å². The molecule has 1 amide bonds. The number of anilines is 1. The summed E-state index contributed by atoms with van der Waals surface area (Å²) in [5, 5.41) is 3.31. The second-order valence-corrected chi connectivity index (χ2v) is 6.31. The zero-order chi connectivity index (χ0) is 17.8. The highest BCUT2D eigenvalue weighted by Crippen LogP contribution is 2.29. The van der Waals surface area contributed by atoms with Crippen LogP contribution in [0.5, 0.6) is 17.2 Å². The Balaban J connectivity index is 1.68. The number of amides is 1. The number of aromatic nitrogens is 1. The number of benzene rings is 2. The van der Waals surface area contributed by atoms with Crippen molar-refractivity contribution in [2.24, 2.45) is 0 Å². The number of carbonyl (C=O) groups excluding carboxylic acids is 1. The van der Waals surface area contributed by atoms with Crippen molar-refractivity contribution in [3.05, 3.63) is 42.5 Å². The lowest BCUT2D eigenvalue weighted by atomic mass is 10.3. The minimum atomic E-state index is -0.673. The van der Waals surface area contributed by atoms with Crippen LogP contribution in [0.3, 0.4) is 0 Å². The molecule has 0 radical (unpaired) electrons. The van der Waals surface area contributed by atoms with Crippen LogP contribution in [-0.2, 0) is 4.79 Å². The maximum absolute atomic E-state index is 12.3. The molecule has 1 unspecified atom stereocenters. The fourth-order valence-electron chi connectivity index (χ4n) is 2.22. The summed E-state index contributed by atoms with van der Waals surface area (Å²) in [6.45, 7) is 1.69. The lowest BCUT2D eigenvalue weighted by molar-refractivity contribution is -0.122. The molecule has 3 rings (SSSR count). The highest BCUT2D eigenvalue weighted by Gasteiger charge is 2.17. The van der Waals surface area contributed by atoms with E-state index in [1.165, 1.54) is 11.3 Å². The fourth-order valence-corrected chi connectivity index (χ4v) is 3.12. The van der Waals surface area contributed by atoms with Crippen LogP contribution in [-0.4, -0.2) is 31.2 Å². The normalized spacial score (nSPS) is 11.8. The zero-order valence-corrected chi connectivity index (χ0v) is 14.9. The smallest absolute Gasteiger partial charge is 0.266 e. The minimum absolute atomic E-state index is 0.270. The third-order valence-electron chi connectivity index (χ3n) is 3.55. The molecule has 0 spiro atoms. The molecule has 0 aliphatic heterocycles. The van der Waals surface area contributed by atoms with Crippen molar-refractivity contribution in [2.45, 2.75) is 13.0 Å². The minimum Gasteiger partial charge on any atom is -0.497 e. The topological polar surface area (TPSA) is 69.7 Å². The van der Waals surface area contributed by atoms with Gasteiger partial charge in [-0.2, -0.15) is 0 Å². The number of carbonyl (C=O) groups is 1. The van der Waals surface area contributed by atoms with Gasteiger partial charge in [-0.25, -0.2) is 4.98 Å². The highest BCUT2D eigenvalue weighted by atomic mass is 32.1. The van der Waals surface area contributed by atoms with Gasteiger partial charge in [0.15, 0.2) is 11.2 Å². The van der Waals surface area contributed by atoms with E-state index in [4.69, 9.17) is 14.2 Å². The van der Waals surface area contributed by atoms with Crippen LogP contribution in [0.15, 0.2) is 42.5 Å². The van der Waals surface area contributed by atoms with Crippen molar-refractivity contribution in [3.8, 4) is 17.2 Å². The second kappa shape index (κ2) is 7.40. The molecule has 1 N–H and O–H groups in total. The molecule has 0 saturated carbocycles. The molecule has 130 valence electrons. The van der Waals surface area contributed by atoms with E-state index >= 15 is 0 Å². The summed E-state index contributed by atoms with van der Waals surface area (Å²) < 4.78 is 17.0. The highest BCUT2D eigenvalue weighted by molar-refractivity contribution is 7.22. The van der Waals surface area contributed by atoms with Gasteiger partial charge in [-0.15, -0.1) is 0 Å². The van der Waals surface area contributed by atoms with E-state index in [1.807, 2.05) is 24.3 Å². The van der Waals surface area contributed by atoms with Crippen molar-refractivity contribution in [1.82, 2.24) is 4.98 Å². The molecule has 0 bridgehead atoms. The molecule has 2 aromatic carbocycles. The Morgan fingerprint density at radius 2 is 1.80 bits per heavy atom. The Morgan fingerprint density at radius 1 is 1.08 bits per heavy atom. The Hall–Kier alpha value is -2.80. The molecule has 3 aromatic rings. The van der Waals surface area contributed by atoms with Gasteiger partial charge in [0.1, 0.15) is 17.2 Å².